The van der Waals surface area contributed by atoms with Crippen molar-refractivity contribution >= 4 is 16.6 Å². The minimum Gasteiger partial charge on any atom is -0.507 e. The molecular formula is C20H19F3N4O3. The largest absolute Gasteiger partial charge is 0.507 e. The molecule has 4 rings (SSSR count). The van der Waals surface area contributed by atoms with Crippen LogP contribution in [-0.4, -0.2) is 48.8 Å². The Morgan fingerprint density at radius 1 is 1.03 bits per heavy atom. The van der Waals surface area contributed by atoms with Crippen LogP contribution in [0.1, 0.15) is 24.8 Å². The summed E-state index contributed by atoms with van der Waals surface area (Å²) in [5.74, 6) is -0.241. The minimum absolute atomic E-state index is 0.103. The van der Waals surface area contributed by atoms with Crippen LogP contribution in [0, 0.1) is 0 Å². The smallest absolute Gasteiger partial charge is 0.416 e. The van der Waals surface area contributed by atoms with Crippen LogP contribution in [0.3, 0.4) is 0 Å². The summed E-state index contributed by atoms with van der Waals surface area (Å²) in [6, 6.07) is 3.85. The van der Waals surface area contributed by atoms with Crippen molar-refractivity contribution in [3.63, 3.8) is 0 Å². The molecule has 1 aromatic carbocycles. The van der Waals surface area contributed by atoms with Crippen LogP contribution in [0.4, 0.5) is 19.0 Å². The molecule has 1 aliphatic carbocycles. The van der Waals surface area contributed by atoms with E-state index in [9.17, 15) is 28.5 Å². The normalized spacial score (nSPS) is 22.2. The highest BCUT2D eigenvalue weighted by atomic mass is 19.4. The number of nitrogens with zero attached hydrogens (tertiary/aromatic N) is 3. The predicted octanol–water partition coefficient (Wildman–Crippen LogP) is 3.10. The monoisotopic (exact) mass is 420 g/mol. The average molecular weight is 420 g/mol. The summed E-state index contributed by atoms with van der Waals surface area (Å²) in [6.07, 6.45) is -1.49. The molecule has 2 heterocycles. The van der Waals surface area contributed by atoms with Crippen molar-refractivity contribution in [3.05, 3.63) is 42.2 Å². The van der Waals surface area contributed by atoms with E-state index in [1.165, 1.54) is 12.4 Å². The number of aliphatic hydroxyl groups excluding tert-OH is 2. The van der Waals surface area contributed by atoms with Crippen molar-refractivity contribution in [1.29, 1.82) is 0 Å². The number of pyridine rings is 1. The molecule has 10 heteroatoms. The Bertz CT molecular complexity index is 1080. The molecule has 7 nitrogen and oxygen atoms in total. The van der Waals surface area contributed by atoms with Crippen molar-refractivity contribution in [2.24, 2.45) is 0 Å². The predicted molar refractivity (Wildman–Crippen MR) is 103 cm³/mol. The van der Waals surface area contributed by atoms with Gasteiger partial charge in [-0.1, -0.05) is 0 Å². The van der Waals surface area contributed by atoms with Crippen LogP contribution in [-0.2, 0) is 6.18 Å². The summed E-state index contributed by atoms with van der Waals surface area (Å²) in [5.41, 5.74) is -0.661. The van der Waals surface area contributed by atoms with Gasteiger partial charge in [0.1, 0.15) is 11.4 Å². The number of aromatic hydroxyl groups is 1. The standard InChI is InChI=1S/C20H19F3N4O3/c21-20(22,23)10-4-5-12(16(29)8-10)17-11-6-7-24-9-13(11)19(27-26-17)25-14-2-1-3-15(28)18(14)30/h4-9,14-15,18,28-30H,1-3H2,(H,25,27)/t14-,15-,18-/m0/s1. The Balaban J connectivity index is 1.75. The molecule has 1 saturated carbocycles. The lowest BCUT2D eigenvalue weighted by molar-refractivity contribution is -0.137. The maximum Gasteiger partial charge on any atom is 0.416 e. The van der Waals surface area contributed by atoms with Gasteiger partial charge in [-0.15, -0.1) is 10.2 Å². The second-order valence-corrected chi connectivity index (χ2v) is 7.29. The molecule has 0 saturated heterocycles. The number of anilines is 1. The van der Waals surface area contributed by atoms with Gasteiger partial charge in [0, 0.05) is 28.7 Å². The zero-order valence-electron chi connectivity index (χ0n) is 15.6. The lowest BCUT2D eigenvalue weighted by Gasteiger charge is -2.32. The second-order valence-electron chi connectivity index (χ2n) is 7.29. The van der Waals surface area contributed by atoms with Gasteiger partial charge in [-0.3, -0.25) is 4.98 Å². The van der Waals surface area contributed by atoms with Crippen LogP contribution in [0.2, 0.25) is 0 Å². The van der Waals surface area contributed by atoms with Crippen LogP contribution >= 0.6 is 0 Å². The van der Waals surface area contributed by atoms with Crippen LogP contribution < -0.4 is 5.32 Å². The van der Waals surface area contributed by atoms with Gasteiger partial charge in [-0.2, -0.15) is 13.2 Å². The fourth-order valence-corrected chi connectivity index (χ4v) is 3.70. The van der Waals surface area contributed by atoms with E-state index in [4.69, 9.17) is 0 Å². The number of hydrogen-bond donors (Lipinski definition) is 4. The van der Waals surface area contributed by atoms with Gasteiger partial charge in [0.25, 0.3) is 0 Å². The summed E-state index contributed by atoms with van der Waals surface area (Å²) >= 11 is 0. The van der Waals surface area contributed by atoms with Crippen molar-refractivity contribution in [1.82, 2.24) is 15.2 Å². The fraction of sp³-hybridized carbons (Fsp3) is 0.350. The highest BCUT2D eigenvalue weighted by Gasteiger charge is 2.32. The van der Waals surface area contributed by atoms with E-state index in [0.717, 1.165) is 18.6 Å². The minimum atomic E-state index is -4.58. The number of phenols is 1. The van der Waals surface area contributed by atoms with Gasteiger partial charge in [0.2, 0.25) is 0 Å². The first-order valence-corrected chi connectivity index (χ1v) is 9.39. The van der Waals surface area contributed by atoms with E-state index in [0.29, 0.717) is 35.5 Å². The molecule has 3 atom stereocenters. The first-order chi connectivity index (χ1) is 14.3. The van der Waals surface area contributed by atoms with Crippen LogP contribution in [0.15, 0.2) is 36.7 Å². The topological polar surface area (TPSA) is 111 Å². The van der Waals surface area contributed by atoms with E-state index >= 15 is 0 Å². The van der Waals surface area contributed by atoms with E-state index < -0.39 is 35.7 Å². The van der Waals surface area contributed by atoms with E-state index in [2.05, 4.69) is 20.5 Å². The Morgan fingerprint density at radius 2 is 1.83 bits per heavy atom. The molecule has 2 aromatic heterocycles. The quantitative estimate of drug-likeness (QED) is 0.515. The second kappa shape index (κ2) is 7.69. The van der Waals surface area contributed by atoms with E-state index in [1.807, 2.05) is 0 Å². The number of alkyl halides is 3. The van der Waals surface area contributed by atoms with Crippen LogP contribution in [0.5, 0.6) is 5.75 Å². The summed E-state index contributed by atoms with van der Waals surface area (Å²) < 4.78 is 38.7. The Hall–Kier alpha value is -2.98. The molecule has 0 spiro atoms. The van der Waals surface area contributed by atoms with Gasteiger partial charge in [0.05, 0.1) is 23.8 Å². The molecular weight excluding hydrogens is 401 g/mol. The third kappa shape index (κ3) is 3.75. The number of aromatic nitrogens is 3. The summed E-state index contributed by atoms with van der Waals surface area (Å²) in [5, 5.41) is 42.7. The molecule has 4 N–H and O–H groups in total. The Kier molecular flexibility index (Phi) is 5.20. The van der Waals surface area contributed by atoms with Gasteiger partial charge < -0.3 is 20.6 Å². The zero-order chi connectivity index (χ0) is 21.5. The van der Waals surface area contributed by atoms with Gasteiger partial charge in [0.15, 0.2) is 5.82 Å². The number of nitrogens with one attached hydrogen (secondary N) is 1. The lowest BCUT2D eigenvalue weighted by Crippen LogP contribution is -2.45. The van der Waals surface area contributed by atoms with E-state index in [-0.39, 0.29) is 11.3 Å². The average Bonchev–Trinajstić information content (AvgIpc) is 2.71. The maximum absolute atomic E-state index is 12.9. The van der Waals surface area contributed by atoms with Crippen molar-refractivity contribution in [2.75, 3.05) is 5.32 Å². The third-order valence-corrected chi connectivity index (χ3v) is 5.31. The fourth-order valence-electron chi connectivity index (χ4n) is 3.70. The van der Waals surface area contributed by atoms with Crippen molar-refractivity contribution in [3.8, 4) is 17.0 Å². The van der Waals surface area contributed by atoms with Crippen LogP contribution in [0.25, 0.3) is 22.0 Å². The summed E-state index contributed by atoms with van der Waals surface area (Å²) in [7, 11) is 0. The molecule has 0 radical (unpaired) electrons. The third-order valence-electron chi connectivity index (χ3n) is 5.31. The van der Waals surface area contributed by atoms with Crippen molar-refractivity contribution in [2.45, 2.75) is 43.7 Å². The molecule has 0 amide bonds. The number of rotatable bonds is 3. The highest BCUT2D eigenvalue weighted by molar-refractivity contribution is 6.00. The number of hydrogen-bond acceptors (Lipinski definition) is 7. The molecule has 158 valence electrons. The number of halogens is 3. The maximum atomic E-state index is 12.9. The molecule has 3 aromatic rings. The Labute approximate surface area is 169 Å². The first-order valence-electron chi connectivity index (χ1n) is 9.39. The highest BCUT2D eigenvalue weighted by Crippen LogP contribution is 2.38. The molecule has 0 aliphatic heterocycles. The SMILES string of the molecule is Oc1cc(C(F)(F)F)ccc1-c1nnc(N[C@H]2CCC[C@H](O)[C@H]2O)c2cnccc12. The van der Waals surface area contributed by atoms with Gasteiger partial charge in [-0.05, 0) is 43.5 Å². The molecule has 0 unspecified atom stereocenters. The number of fused-ring (bicyclic) bond motifs is 1. The molecule has 30 heavy (non-hydrogen) atoms. The lowest BCUT2D eigenvalue weighted by atomic mass is 9.90. The van der Waals surface area contributed by atoms with Gasteiger partial charge >= 0.3 is 6.18 Å². The Morgan fingerprint density at radius 3 is 2.57 bits per heavy atom. The first kappa shape index (κ1) is 20.3. The number of phenolic OH excluding ortho intramolecular Hbond substituents is 1. The number of aliphatic hydroxyl groups is 2. The van der Waals surface area contributed by atoms with E-state index in [1.54, 1.807) is 6.07 Å². The summed E-state index contributed by atoms with van der Waals surface area (Å²) in [6.45, 7) is 0. The van der Waals surface area contributed by atoms with Gasteiger partial charge in [-0.25, -0.2) is 0 Å². The molecule has 1 fully saturated rings. The summed E-state index contributed by atoms with van der Waals surface area (Å²) in [4.78, 5) is 4.07. The number of benzene rings is 1. The molecule has 1 aliphatic rings. The zero-order valence-corrected chi connectivity index (χ0v) is 15.6. The van der Waals surface area contributed by atoms with Crippen molar-refractivity contribution < 1.29 is 28.5 Å². The molecule has 0 bridgehead atoms.